The molecule has 0 radical (unpaired) electrons. The first-order valence-corrected chi connectivity index (χ1v) is 9.97. The van der Waals surface area contributed by atoms with Crippen molar-refractivity contribution in [2.24, 2.45) is 11.8 Å². The van der Waals surface area contributed by atoms with E-state index in [1.165, 1.54) is 6.33 Å². The number of allylic oxidation sites excluding steroid dienone is 1. The molecule has 1 heterocycles. The van der Waals surface area contributed by atoms with Crippen molar-refractivity contribution in [2.45, 2.75) is 38.5 Å². The first-order chi connectivity index (χ1) is 14.0. The summed E-state index contributed by atoms with van der Waals surface area (Å²) in [7, 11) is 0. The highest BCUT2D eigenvalue weighted by molar-refractivity contribution is 5.99. The molecule has 29 heavy (non-hydrogen) atoms. The van der Waals surface area contributed by atoms with Gasteiger partial charge in [0.2, 0.25) is 0 Å². The number of aliphatic hydroxyl groups is 1. The van der Waals surface area contributed by atoms with Gasteiger partial charge in [-0.2, -0.15) is 0 Å². The number of hydrogen-bond donors (Lipinski definition) is 1. The molecule has 1 aromatic heterocycles. The summed E-state index contributed by atoms with van der Waals surface area (Å²) >= 11 is 0. The van der Waals surface area contributed by atoms with Gasteiger partial charge in [-0.05, 0) is 55.4 Å². The quantitative estimate of drug-likeness (QED) is 0.488. The Morgan fingerprint density at radius 1 is 1.41 bits per heavy atom. The van der Waals surface area contributed by atoms with Gasteiger partial charge in [-0.25, -0.2) is 14.8 Å². The number of ether oxygens (including phenoxy) is 1. The van der Waals surface area contributed by atoms with Crippen LogP contribution in [-0.2, 0) is 21.4 Å². The smallest absolute Gasteiger partial charge is 0.338 e. The molecular weight excluding hydrogens is 368 g/mol. The van der Waals surface area contributed by atoms with Gasteiger partial charge < -0.3 is 9.84 Å². The van der Waals surface area contributed by atoms with E-state index in [2.05, 4.69) is 9.97 Å². The lowest BCUT2D eigenvalue weighted by molar-refractivity contribution is -0.123. The molecule has 150 valence electrons. The molecule has 0 aliphatic heterocycles. The van der Waals surface area contributed by atoms with E-state index < -0.39 is 5.41 Å². The normalized spacial score (nSPS) is 27.2. The van der Waals surface area contributed by atoms with Crippen LogP contribution in [0, 0.1) is 11.8 Å². The molecule has 3 atom stereocenters. The summed E-state index contributed by atoms with van der Waals surface area (Å²) in [5.41, 5.74) is 3.08. The maximum Gasteiger partial charge on any atom is 0.338 e. The zero-order chi connectivity index (χ0) is 20.6. The van der Waals surface area contributed by atoms with Crippen LogP contribution < -0.4 is 0 Å². The molecule has 2 aliphatic rings. The molecule has 0 spiro atoms. The van der Waals surface area contributed by atoms with E-state index >= 15 is 0 Å². The van der Waals surface area contributed by atoms with Crippen molar-refractivity contribution in [3.63, 3.8) is 0 Å². The molecule has 6 heteroatoms. The molecule has 0 amide bonds. The van der Waals surface area contributed by atoms with Gasteiger partial charge in [-0.1, -0.05) is 19.1 Å². The third kappa shape index (κ3) is 2.94. The van der Waals surface area contributed by atoms with Gasteiger partial charge in [0.25, 0.3) is 0 Å². The highest BCUT2D eigenvalue weighted by atomic mass is 16.5. The summed E-state index contributed by atoms with van der Waals surface area (Å²) in [6.45, 7) is 4.00. The molecule has 6 nitrogen and oxygen atoms in total. The highest BCUT2D eigenvalue weighted by Gasteiger charge is 2.54. The van der Waals surface area contributed by atoms with Crippen molar-refractivity contribution < 1.29 is 19.4 Å². The summed E-state index contributed by atoms with van der Waals surface area (Å²) in [5.74, 6) is -0.652. The van der Waals surface area contributed by atoms with Crippen molar-refractivity contribution in [1.29, 1.82) is 0 Å². The van der Waals surface area contributed by atoms with Crippen LogP contribution in [0.15, 0.2) is 48.6 Å². The van der Waals surface area contributed by atoms with E-state index in [-0.39, 0.29) is 23.6 Å². The number of carbonyl (C=O) groups is 2. The Balaban J connectivity index is 1.96. The van der Waals surface area contributed by atoms with Gasteiger partial charge in [-0.3, -0.25) is 4.79 Å². The zero-order valence-corrected chi connectivity index (χ0v) is 16.6. The van der Waals surface area contributed by atoms with E-state index in [0.29, 0.717) is 24.2 Å². The molecule has 1 saturated carbocycles. The minimum atomic E-state index is -0.610. The third-order valence-electron chi connectivity index (χ3n) is 6.42. The van der Waals surface area contributed by atoms with Crippen LogP contribution in [0.25, 0.3) is 0 Å². The van der Waals surface area contributed by atoms with Gasteiger partial charge in [0.05, 0.1) is 24.1 Å². The molecular formula is C23H24N2O4. The number of aryl methyl sites for hydroxylation is 1. The second-order valence-electron chi connectivity index (χ2n) is 7.80. The van der Waals surface area contributed by atoms with Crippen molar-refractivity contribution >= 4 is 11.8 Å². The average Bonchev–Trinajstić information content (AvgIpc) is 2.76. The molecule has 4 rings (SSSR count). The molecule has 0 bridgehead atoms. The molecule has 2 aromatic rings. The Kier molecular flexibility index (Phi) is 4.94. The second-order valence-corrected chi connectivity index (χ2v) is 7.80. The number of hydrogen-bond acceptors (Lipinski definition) is 6. The van der Waals surface area contributed by atoms with Gasteiger partial charge in [-0.15, -0.1) is 0 Å². The Labute approximate surface area is 169 Å². The standard InChI is InChI=1S/C23H24N2O4/c1-3-29-22(28)15-5-4-6-18(9-15)23-10-17(12-26)20(27)14(2)19(23)8-7-16-11-24-13-25-21(16)23/h4-6,9,11-14,19,26H,3,7-8,10H2,1-2H3/t14-,19-,23+/m0/s1. The maximum atomic E-state index is 12.8. The molecule has 1 fully saturated rings. The number of rotatable bonds is 3. The Morgan fingerprint density at radius 2 is 2.24 bits per heavy atom. The number of aliphatic hydroxyl groups excluding tert-OH is 1. The van der Waals surface area contributed by atoms with Crippen LogP contribution in [0.3, 0.4) is 0 Å². The fraction of sp³-hybridized carbons (Fsp3) is 0.391. The van der Waals surface area contributed by atoms with Crippen molar-refractivity contribution in [1.82, 2.24) is 9.97 Å². The topological polar surface area (TPSA) is 89.4 Å². The Bertz CT molecular complexity index is 1000. The van der Waals surface area contributed by atoms with Crippen LogP contribution in [0.4, 0.5) is 0 Å². The van der Waals surface area contributed by atoms with Gasteiger partial charge in [0, 0.05) is 23.1 Å². The van der Waals surface area contributed by atoms with Crippen molar-refractivity contribution in [3.05, 3.63) is 71.0 Å². The molecule has 0 unspecified atom stereocenters. The number of benzene rings is 1. The lowest BCUT2D eigenvalue weighted by Gasteiger charge is -2.50. The molecule has 0 saturated heterocycles. The summed E-state index contributed by atoms with van der Waals surface area (Å²) in [4.78, 5) is 34.0. The van der Waals surface area contributed by atoms with E-state index in [0.717, 1.165) is 35.9 Å². The monoisotopic (exact) mass is 392 g/mol. The molecule has 1 N–H and O–H groups in total. The zero-order valence-electron chi connectivity index (χ0n) is 16.6. The number of fused-ring (bicyclic) bond motifs is 3. The van der Waals surface area contributed by atoms with E-state index in [9.17, 15) is 14.7 Å². The average molecular weight is 392 g/mol. The van der Waals surface area contributed by atoms with Gasteiger partial charge in [0.1, 0.15) is 6.33 Å². The second kappa shape index (κ2) is 7.43. The van der Waals surface area contributed by atoms with Gasteiger partial charge >= 0.3 is 5.97 Å². The van der Waals surface area contributed by atoms with Gasteiger partial charge in [0.15, 0.2) is 5.78 Å². The van der Waals surface area contributed by atoms with Crippen molar-refractivity contribution in [3.8, 4) is 0 Å². The maximum absolute atomic E-state index is 12.8. The highest BCUT2D eigenvalue weighted by Crippen LogP contribution is 2.55. The van der Waals surface area contributed by atoms with Crippen LogP contribution in [-0.4, -0.2) is 33.4 Å². The van der Waals surface area contributed by atoms with Crippen LogP contribution in [0.2, 0.25) is 0 Å². The third-order valence-corrected chi connectivity index (χ3v) is 6.42. The largest absolute Gasteiger partial charge is 0.515 e. The fourth-order valence-electron chi connectivity index (χ4n) is 5.13. The van der Waals surface area contributed by atoms with E-state index in [4.69, 9.17) is 4.74 Å². The predicted octanol–water partition coefficient (Wildman–Crippen LogP) is 3.55. The van der Waals surface area contributed by atoms with Crippen LogP contribution in [0.1, 0.15) is 53.9 Å². The number of ketones is 1. The van der Waals surface area contributed by atoms with Crippen LogP contribution in [0.5, 0.6) is 0 Å². The SMILES string of the molecule is CCOC(=O)c1cccc([C@]23CC(=CO)C(=O)[C@@H](C)[C@@H]2CCc2cncnc23)c1. The number of aromatic nitrogens is 2. The Hall–Kier alpha value is -3.02. The first-order valence-electron chi connectivity index (χ1n) is 9.97. The number of carbonyl (C=O) groups excluding carboxylic acids is 2. The lowest BCUT2D eigenvalue weighted by atomic mass is 9.52. The lowest BCUT2D eigenvalue weighted by Crippen LogP contribution is -2.51. The van der Waals surface area contributed by atoms with E-state index in [1.54, 1.807) is 13.0 Å². The summed E-state index contributed by atoms with van der Waals surface area (Å²) < 4.78 is 5.18. The summed E-state index contributed by atoms with van der Waals surface area (Å²) in [6, 6.07) is 7.40. The Morgan fingerprint density at radius 3 is 3.00 bits per heavy atom. The minimum Gasteiger partial charge on any atom is -0.515 e. The molecule has 1 aromatic carbocycles. The number of nitrogens with zero attached hydrogens (tertiary/aromatic N) is 2. The predicted molar refractivity (Wildman–Crippen MR) is 107 cm³/mol. The van der Waals surface area contributed by atoms with Crippen LogP contribution >= 0.6 is 0 Å². The molecule has 2 aliphatic carbocycles. The van der Waals surface area contributed by atoms with E-state index in [1.807, 2.05) is 31.3 Å². The fourth-order valence-corrected chi connectivity index (χ4v) is 5.13. The summed E-state index contributed by atoms with van der Waals surface area (Å²) in [5, 5.41) is 9.80. The minimum absolute atomic E-state index is 0.0125. The first kappa shape index (κ1) is 19.3. The number of Topliss-reactive ketones (excluding diaryl/α,β-unsaturated/α-hetero) is 1. The number of esters is 1. The van der Waals surface area contributed by atoms with Crippen molar-refractivity contribution in [2.75, 3.05) is 6.61 Å². The summed E-state index contributed by atoms with van der Waals surface area (Å²) in [6.07, 6.45) is 6.25.